The highest BCUT2D eigenvalue weighted by molar-refractivity contribution is 4.88. The maximum atomic E-state index is 3.68. The summed E-state index contributed by atoms with van der Waals surface area (Å²) in [5, 5.41) is 3.68. The van der Waals surface area contributed by atoms with Crippen molar-refractivity contribution in [3.63, 3.8) is 0 Å². The molecule has 2 nitrogen and oxygen atoms in total. The number of hydrogen-bond acceptors (Lipinski definition) is 2. The highest BCUT2D eigenvalue weighted by Crippen LogP contribution is 2.34. The number of rotatable bonds is 7. The minimum atomic E-state index is 0.659. The summed E-state index contributed by atoms with van der Waals surface area (Å²) in [6.07, 6.45) is 4.15. The van der Waals surface area contributed by atoms with E-state index in [2.05, 4.69) is 45.1 Å². The smallest absolute Gasteiger partial charge is 0.0242 e. The van der Waals surface area contributed by atoms with Gasteiger partial charge < -0.3 is 10.2 Å². The lowest BCUT2D eigenvalue weighted by atomic mass is 10.0. The highest BCUT2D eigenvalue weighted by atomic mass is 15.1. The van der Waals surface area contributed by atoms with Gasteiger partial charge in [-0.3, -0.25) is 0 Å². The molecule has 2 heteroatoms. The van der Waals surface area contributed by atoms with E-state index in [4.69, 9.17) is 0 Å². The molecule has 2 atom stereocenters. The van der Waals surface area contributed by atoms with Crippen LogP contribution >= 0.6 is 0 Å². The molecule has 2 unspecified atom stereocenters. The Kier molecular flexibility index (Phi) is 5.07. The van der Waals surface area contributed by atoms with Crippen molar-refractivity contribution in [2.45, 2.75) is 52.1 Å². The molecule has 1 saturated carbocycles. The zero-order chi connectivity index (χ0) is 11.4. The van der Waals surface area contributed by atoms with Crippen molar-refractivity contribution in [1.29, 1.82) is 0 Å². The summed E-state index contributed by atoms with van der Waals surface area (Å²) >= 11 is 0. The van der Waals surface area contributed by atoms with Gasteiger partial charge in [-0.05, 0) is 52.1 Å². The molecule has 90 valence electrons. The van der Waals surface area contributed by atoms with Crippen LogP contribution in [-0.2, 0) is 0 Å². The predicted octanol–water partition coefficient (Wildman–Crippen LogP) is 2.35. The molecule has 0 spiro atoms. The molecule has 1 N–H and O–H groups in total. The number of hydrogen-bond donors (Lipinski definition) is 1. The summed E-state index contributed by atoms with van der Waals surface area (Å²) < 4.78 is 0. The summed E-state index contributed by atoms with van der Waals surface area (Å²) in [7, 11) is 4.41. The van der Waals surface area contributed by atoms with E-state index in [1.165, 1.54) is 19.3 Å². The molecular weight excluding hydrogens is 184 g/mol. The molecule has 0 bridgehead atoms. The second-order valence-electron chi connectivity index (χ2n) is 5.81. The Balaban J connectivity index is 2.21. The van der Waals surface area contributed by atoms with Crippen molar-refractivity contribution in [1.82, 2.24) is 10.2 Å². The molecule has 1 fully saturated rings. The molecule has 0 aromatic carbocycles. The van der Waals surface area contributed by atoms with Gasteiger partial charge in [0.1, 0.15) is 0 Å². The summed E-state index contributed by atoms with van der Waals surface area (Å²) in [4.78, 5) is 2.38. The summed E-state index contributed by atoms with van der Waals surface area (Å²) in [5.74, 6) is 1.75. The Hall–Kier alpha value is -0.0800. The fourth-order valence-electron chi connectivity index (χ4n) is 2.36. The summed E-state index contributed by atoms with van der Waals surface area (Å²) in [6, 6.07) is 1.41. The van der Waals surface area contributed by atoms with Crippen molar-refractivity contribution in [3.05, 3.63) is 0 Å². The quantitative estimate of drug-likeness (QED) is 0.697. The van der Waals surface area contributed by atoms with Gasteiger partial charge in [0.05, 0.1) is 0 Å². The number of nitrogens with zero attached hydrogens (tertiary/aromatic N) is 1. The van der Waals surface area contributed by atoms with Crippen LogP contribution in [0, 0.1) is 11.8 Å². The van der Waals surface area contributed by atoms with Gasteiger partial charge in [-0.15, -0.1) is 0 Å². The Morgan fingerprint density at radius 3 is 2.20 bits per heavy atom. The summed E-state index contributed by atoms with van der Waals surface area (Å²) in [6.45, 7) is 8.05. The number of nitrogens with one attached hydrogen (secondary N) is 1. The van der Waals surface area contributed by atoms with Crippen LogP contribution in [-0.4, -0.2) is 37.6 Å². The van der Waals surface area contributed by atoms with E-state index in [-0.39, 0.29) is 0 Å². The zero-order valence-corrected chi connectivity index (χ0v) is 11.1. The van der Waals surface area contributed by atoms with Crippen LogP contribution in [0.15, 0.2) is 0 Å². The molecular formula is C13H28N2. The van der Waals surface area contributed by atoms with E-state index in [0.29, 0.717) is 6.04 Å². The fourth-order valence-corrected chi connectivity index (χ4v) is 2.36. The minimum absolute atomic E-state index is 0.659. The van der Waals surface area contributed by atoms with Crippen LogP contribution in [0.3, 0.4) is 0 Å². The van der Waals surface area contributed by atoms with E-state index in [1.54, 1.807) is 0 Å². The van der Waals surface area contributed by atoms with Crippen molar-refractivity contribution < 1.29 is 0 Å². The fraction of sp³-hybridized carbons (Fsp3) is 1.00. The van der Waals surface area contributed by atoms with Crippen molar-refractivity contribution >= 4 is 0 Å². The van der Waals surface area contributed by atoms with Crippen molar-refractivity contribution in [3.8, 4) is 0 Å². The van der Waals surface area contributed by atoms with Gasteiger partial charge in [0.15, 0.2) is 0 Å². The van der Waals surface area contributed by atoms with Crippen LogP contribution in [0.1, 0.15) is 40.0 Å². The van der Waals surface area contributed by atoms with Crippen LogP contribution in [0.4, 0.5) is 0 Å². The summed E-state index contributed by atoms with van der Waals surface area (Å²) in [5.41, 5.74) is 0. The maximum absolute atomic E-state index is 3.68. The third-order valence-corrected chi connectivity index (χ3v) is 3.33. The lowest BCUT2D eigenvalue weighted by molar-refractivity contribution is 0.246. The van der Waals surface area contributed by atoms with Gasteiger partial charge in [-0.2, -0.15) is 0 Å². The predicted molar refractivity (Wildman–Crippen MR) is 67.1 cm³/mol. The van der Waals surface area contributed by atoms with Gasteiger partial charge >= 0.3 is 0 Å². The first kappa shape index (κ1) is 13.0. The second kappa shape index (κ2) is 5.86. The first-order valence-corrected chi connectivity index (χ1v) is 6.40. The maximum Gasteiger partial charge on any atom is 0.0242 e. The largest absolute Gasteiger partial charge is 0.313 e. The molecule has 1 aliphatic rings. The molecule has 0 aromatic rings. The molecule has 0 heterocycles. The van der Waals surface area contributed by atoms with Crippen LogP contribution in [0.25, 0.3) is 0 Å². The Morgan fingerprint density at radius 2 is 1.80 bits per heavy atom. The van der Waals surface area contributed by atoms with Gasteiger partial charge in [0.2, 0.25) is 0 Å². The lowest BCUT2D eigenvalue weighted by Crippen LogP contribution is -2.42. The van der Waals surface area contributed by atoms with Crippen molar-refractivity contribution in [2.75, 3.05) is 20.6 Å². The Labute approximate surface area is 95.4 Å². The van der Waals surface area contributed by atoms with Crippen LogP contribution < -0.4 is 5.32 Å². The Morgan fingerprint density at radius 1 is 1.20 bits per heavy atom. The van der Waals surface area contributed by atoms with Gasteiger partial charge in [0, 0.05) is 18.6 Å². The topological polar surface area (TPSA) is 15.3 Å². The van der Waals surface area contributed by atoms with Gasteiger partial charge in [-0.1, -0.05) is 13.8 Å². The molecule has 1 aliphatic carbocycles. The molecule has 0 aromatic heterocycles. The SMILES string of the molecule is CC(C)CC(C)NCC(C1CC1)N(C)C. The minimum Gasteiger partial charge on any atom is -0.313 e. The van der Waals surface area contributed by atoms with E-state index in [1.807, 2.05) is 0 Å². The van der Waals surface area contributed by atoms with Gasteiger partial charge in [0.25, 0.3) is 0 Å². The lowest BCUT2D eigenvalue weighted by Gasteiger charge is -2.27. The molecule has 0 aliphatic heterocycles. The number of likely N-dealkylation sites (N-methyl/N-ethyl adjacent to an activating group) is 1. The first-order valence-electron chi connectivity index (χ1n) is 6.40. The molecule has 1 rings (SSSR count). The Bertz CT molecular complexity index is 171. The average Bonchev–Trinajstić information content (AvgIpc) is 2.86. The standard InChI is InChI=1S/C13H28N2/c1-10(2)8-11(3)14-9-13(15(4)5)12-6-7-12/h10-14H,6-9H2,1-5H3. The molecule has 0 saturated heterocycles. The normalized spacial score (nSPS) is 21.0. The van der Waals surface area contributed by atoms with E-state index in [0.717, 1.165) is 24.4 Å². The third-order valence-electron chi connectivity index (χ3n) is 3.33. The monoisotopic (exact) mass is 212 g/mol. The van der Waals surface area contributed by atoms with E-state index < -0.39 is 0 Å². The van der Waals surface area contributed by atoms with E-state index >= 15 is 0 Å². The zero-order valence-electron chi connectivity index (χ0n) is 11.1. The third kappa shape index (κ3) is 4.98. The molecule has 15 heavy (non-hydrogen) atoms. The molecule has 0 radical (unpaired) electrons. The van der Waals surface area contributed by atoms with E-state index in [9.17, 15) is 0 Å². The first-order chi connectivity index (χ1) is 7.00. The van der Waals surface area contributed by atoms with Gasteiger partial charge in [-0.25, -0.2) is 0 Å². The second-order valence-corrected chi connectivity index (χ2v) is 5.81. The van der Waals surface area contributed by atoms with Crippen molar-refractivity contribution in [2.24, 2.45) is 11.8 Å². The average molecular weight is 212 g/mol. The highest BCUT2D eigenvalue weighted by Gasteiger charge is 2.32. The van der Waals surface area contributed by atoms with Crippen LogP contribution in [0.2, 0.25) is 0 Å². The van der Waals surface area contributed by atoms with Crippen LogP contribution in [0.5, 0.6) is 0 Å². The molecule has 0 amide bonds.